The minimum absolute atomic E-state index is 0.00554. The summed E-state index contributed by atoms with van der Waals surface area (Å²) in [5.41, 5.74) is 0.0586. The van der Waals surface area contributed by atoms with Crippen molar-refractivity contribution in [3.63, 3.8) is 0 Å². The highest BCUT2D eigenvalue weighted by Gasteiger charge is 2.49. The van der Waals surface area contributed by atoms with Crippen LogP contribution < -0.4 is 15.0 Å². The van der Waals surface area contributed by atoms with Crippen LogP contribution in [0.25, 0.3) is 32.9 Å². The third kappa shape index (κ3) is 4.57. The zero-order chi connectivity index (χ0) is 29.9. The Morgan fingerprint density at radius 3 is 2.86 bits per heavy atom. The van der Waals surface area contributed by atoms with Crippen molar-refractivity contribution in [1.82, 2.24) is 25.2 Å². The van der Waals surface area contributed by atoms with Gasteiger partial charge in [-0.25, -0.2) is 13.2 Å². The number of halogens is 3. The van der Waals surface area contributed by atoms with E-state index in [0.717, 1.165) is 32.5 Å². The molecule has 0 unspecified atom stereocenters. The number of benzene rings is 2. The number of pyridine rings is 1. The first-order valence-corrected chi connectivity index (χ1v) is 14.8. The lowest BCUT2D eigenvalue weighted by Crippen LogP contribution is -2.43. The van der Waals surface area contributed by atoms with Gasteiger partial charge in [0.1, 0.15) is 35.6 Å². The number of aromatic nitrogens is 3. The van der Waals surface area contributed by atoms with Gasteiger partial charge in [-0.15, -0.1) is 6.42 Å². The molecule has 7 rings (SSSR count). The number of hydrogen-bond acceptors (Lipinski definition) is 7. The summed E-state index contributed by atoms with van der Waals surface area (Å²) in [7, 11) is 1.93. The lowest BCUT2D eigenvalue weighted by Gasteiger charge is -2.31. The van der Waals surface area contributed by atoms with E-state index in [1.807, 2.05) is 11.9 Å². The van der Waals surface area contributed by atoms with Crippen LogP contribution in [0.2, 0.25) is 0 Å². The summed E-state index contributed by atoms with van der Waals surface area (Å²) in [5, 5.41) is 4.92. The van der Waals surface area contributed by atoms with Gasteiger partial charge in [0.25, 0.3) is 0 Å². The molecular formula is C33H33F3N6O. The van der Waals surface area contributed by atoms with E-state index in [-0.39, 0.29) is 35.4 Å². The number of nitrogens with zero attached hydrogens (tertiary/aromatic N) is 5. The molecule has 3 fully saturated rings. The van der Waals surface area contributed by atoms with E-state index in [1.54, 1.807) is 30.5 Å². The molecule has 2 aromatic carbocycles. The van der Waals surface area contributed by atoms with Gasteiger partial charge in [0.15, 0.2) is 5.82 Å². The van der Waals surface area contributed by atoms with Crippen LogP contribution in [0.4, 0.5) is 19.0 Å². The number of ether oxygens (including phenoxy) is 1. The zero-order valence-corrected chi connectivity index (χ0v) is 24.2. The van der Waals surface area contributed by atoms with Crippen LogP contribution in [-0.2, 0) is 0 Å². The molecule has 3 aliphatic rings. The second-order valence-electron chi connectivity index (χ2n) is 12.2. The first kappa shape index (κ1) is 27.9. The standard InChI is InChI=1S/C33H33F3N6O/c1-4-22-25(35)10-9-20-7-5-8-23(27(20)22)29-28(36)30-24(15-38-29)31(41(3)26-16-37-14-19(26)2)40-32(39-30)43-18-33-11-6-12-42(33)17-21(34)13-33/h1,5,7-10,15,19,21,26,37H,6,11-14,16-18H2,2-3H3/t19-,21+,26+,33-/m0/s1. The number of rotatable bonds is 6. The smallest absolute Gasteiger partial charge is 0.319 e. The monoisotopic (exact) mass is 586 g/mol. The van der Waals surface area contributed by atoms with Gasteiger partial charge in [0.05, 0.1) is 16.5 Å². The quantitative estimate of drug-likeness (QED) is 0.315. The number of hydrogen-bond donors (Lipinski definition) is 1. The van der Waals surface area contributed by atoms with Crippen molar-refractivity contribution in [2.24, 2.45) is 5.92 Å². The molecule has 222 valence electrons. The largest absolute Gasteiger partial charge is 0.461 e. The van der Waals surface area contributed by atoms with Gasteiger partial charge in [-0.1, -0.05) is 37.1 Å². The van der Waals surface area contributed by atoms with Gasteiger partial charge in [-0.05, 0) is 43.3 Å². The van der Waals surface area contributed by atoms with E-state index in [2.05, 4.69) is 33.0 Å². The number of likely N-dealkylation sites (N-methyl/N-ethyl adjacent to an activating group) is 1. The van der Waals surface area contributed by atoms with Crippen molar-refractivity contribution in [1.29, 1.82) is 0 Å². The van der Waals surface area contributed by atoms with Gasteiger partial charge in [0, 0.05) is 49.7 Å². The van der Waals surface area contributed by atoms with Crippen LogP contribution >= 0.6 is 0 Å². The fourth-order valence-electron chi connectivity index (χ4n) is 7.35. The van der Waals surface area contributed by atoms with Crippen LogP contribution in [0, 0.1) is 29.9 Å². The molecule has 0 radical (unpaired) electrons. The highest BCUT2D eigenvalue weighted by molar-refractivity contribution is 6.02. The maximum absolute atomic E-state index is 16.7. The van der Waals surface area contributed by atoms with Crippen molar-refractivity contribution >= 4 is 27.5 Å². The van der Waals surface area contributed by atoms with Gasteiger partial charge in [0.2, 0.25) is 0 Å². The Morgan fingerprint density at radius 1 is 1.21 bits per heavy atom. The summed E-state index contributed by atoms with van der Waals surface area (Å²) >= 11 is 0. The van der Waals surface area contributed by atoms with Crippen LogP contribution in [0.5, 0.6) is 6.01 Å². The summed E-state index contributed by atoms with van der Waals surface area (Å²) in [4.78, 5) is 18.1. The molecule has 3 saturated heterocycles. The highest BCUT2D eigenvalue weighted by Crippen LogP contribution is 2.41. The van der Waals surface area contributed by atoms with Crippen LogP contribution in [0.1, 0.15) is 31.7 Å². The number of anilines is 1. The Hall–Kier alpha value is -3.94. The molecule has 2 aromatic heterocycles. The lowest BCUT2D eigenvalue weighted by molar-refractivity contribution is 0.107. The van der Waals surface area contributed by atoms with Gasteiger partial charge >= 0.3 is 6.01 Å². The van der Waals surface area contributed by atoms with Crippen LogP contribution in [0.3, 0.4) is 0 Å². The van der Waals surface area contributed by atoms with Crippen molar-refractivity contribution in [2.75, 3.05) is 44.7 Å². The van der Waals surface area contributed by atoms with Gasteiger partial charge in [-0.3, -0.25) is 9.88 Å². The molecule has 0 bridgehead atoms. The number of nitrogens with one attached hydrogen (secondary N) is 1. The third-order valence-electron chi connectivity index (χ3n) is 9.58. The predicted octanol–water partition coefficient (Wildman–Crippen LogP) is 5.10. The van der Waals surface area contributed by atoms with E-state index >= 15 is 4.39 Å². The number of fused-ring (bicyclic) bond motifs is 3. The van der Waals surface area contributed by atoms with E-state index in [9.17, 15) is 8.78 Å². The molecule has 1 N–H and O–H groups in total. The van der Waals surface area contributed by atoms with Crippen molar-refractivity contribution in [2.45, 2.75) is 43.9 Å². The van der Waals surface area contributed by atoms with E-state index in [4.69, 9.17) is 16.1 Å². The normalized spacial score (nSPS) is 25.3. The second-order valence-corrected chi connectivity index (χ2v) is 12.2. The molecule has 0 aliphatic carbocycles. The second kappa shape index (κ2) is 10.6. The predicted molar refractivity (Wildman–Crippen MR) is 161 cm³/mol. The summed E-state index contributed by atoms with van der Waals surface area (Å²) in [6.45, 7) is 5.21. The molecule has 0 saturated carbocycles. The Bertz CT molecular complexity index is 1780. The molecule has 3 aliphatic heterocycles. The van der Waals surface area contributed by atoms with Crippen molar-refractivity contribution < 1.29 is 17.9 Å². The molecule has 0 amide bonds. The molecule has 7 nitrogen and oxygen atoms in total. The molecule has 4 atom stereocenters. The number of alkyl halides is 1. The topological polar surface area (TPSA) is 66.4 Å². The van der Waals surface area contributed by atoms with E-state index in [1.165, 1.54) is 6.07 Å². The molecule has 5 heterocycles. The lowest BCUT2D eigenvalue weighted by atomic mass is 9.95. The maximum Gasteiger partial charge on any atom is 0.319 e. The van der Waals surface area contributed by atoms with Crippen molar-refractivity contribution in [3.8, 4) is 29.6 Å². The SMILES string of the molecule is C#Cc1c(F)ccc2cccc(-c3ncc4c(N(C)[C@@H]5CNC[C@@H]5C)nc(OC[C@@]56CCCN5C[C@H](F)C6)nc4c3F)c12. The number of terminal acetylenes is 1. The molecular weight excluding hydrogens is 553 g/mol. The average molecular weight is 587 g/mol. The summed E-state index contributed by atoms with van der Waals surface area (Å²) in [6.07, 6.45) is 8.56. The summed E-state index contributed by atoms with van der Waals surface area (Å²) in [5.74, 6) is 2.01. The molecule has 0 spiro atoms. The zero-order valence-electron chi connectivity index (χ0n) is 24.2. The fraction of sp³-hybridized carbons (Fsp3) is 0.424. The average Bonchev–Trinajstić information content (AvgIpc) is 3.69. The van der Waals surface area contributed by atoms with Gasteiger partial charge in [-0.2, -0.15) is 9.97 Å². The van der Waals surface area contributed by atoms with Crippen LogP contribution in [0.15, 0.2) is 36.5 Å². The molecule has 43 heavy (non-hydrogen) atoms. The highest BCUT2D eigenvalue weighted by atomic mass is 19.1. The Kier molecular flexibility index (Phi) is 6.90. The Morgan fingerprint density at radius 2 is 2.07 bits per heavy atom. The third-order valence-corrected chi connectivity index (χ3v) is 9.58. The first-order valence-electron chi connectivity index (χ1n) is 14.8. The summed E-state index contributed by atoms with van der Waals surface area (Å²) < 4.78 is 52.0. The minimum Gasteiger partial charge on any atom is -0.461 e. The van der Waals surface area contributed by atoms with E-state index in [0.29, 0.717) is 46.4 Å². The fourth-order valence-corrected chi connectivity index (χ4v) is 7.35. The molecule has 4 aromatic rings. The Labute approximate surface area is 248 Å². The molecule has 10 heteroatoms. The van der Waals surface area contributed by atoms with E-state index < -0.39 is 23.3 Å². The van der Waals surface area contributed by atoms with Gasteiger partial charge < -0.3 is 15.0 Å². The first-order chi connectivity index (χ1) is 20.8. The van der Waals surface area contributed by atoms with Crippen LogP contribution in [-0.4, -0.2) is 77.4 Å². The Balaban J connectivity index is 1.37. The van der Waals surface area contributed by atoms with Crippen molar-refractivity contribution in [3.05, 3.63) is 53.7 Å². The minimum atomic E-state index is -0.899. The maximum atomic E-state index is 16.7. The summed E-state index contributed by atoms with van der Waals surface area (Å²) in [6, 6.07) is 8.30.